The van der Waals surface area contributed by atoms with Gasteiger partial charge in [-0.15, -0.1) is 17.9 Å². The van der Waals surface area contributed by atoms with Crippen LogP contribution < -0.4 is 41.4 Å². The van der Waals surface area contributed by atoms with Crippen molar-refractivity contribution < 1.29 is 37.4 Å². The second-order valence-corrected chi connectivity index (χ2v) is 21.1. The number of carbonyl (C=O) groups is 4. The molecule has 5 amide bonds. The summed E-state index contributed by atoms with van der Waals surface area (Å²) < 4.78 is 36.5. The van der Waals surface area contributed by atoms with Crippen LogP contribution in [-0.4, -0.2) is 134 Å². The molecule has 6 atom stereocenters. The van der Waals surface area contributed by atoms with E-state index in [0.29, 0.717) is 59.6 Å². The van der Waals surface area contributed by atoms with Crippen LogP contribution in [0.1, 0.15) is 99.8 Å². The maximum absolute atomic E-state index is 15.1. The number of ether oxygens (including phenoxy) is 2. The maximum Gasteiger partial charge on any atom is 0.315 e. The van der Waals surface area contributed by atoms with Gasteiger partial charge in [-0.05, 0) is 63.5 Å². The maximum atomic E-state index is 15.1. The molecule has 0 radical (unpaired) electrons. The minimum atomic E-state index is -2.31. The van der Waals surface area contributed by atoms with Gasteiger partial charge in [0.05, 0.1) is 24.9 Å². The molecular formula is C49H74N10O8S2. The molecule has 69 heavy (non-hydrogen) atoms. The normalized spacial score (nSPS) is 21.1. The third-order valence-electron chi connectivity index (χ3n) is 12.0. The molecule has 0 bridgehead atoms. The standard InChI is InChI=1S/C49H74N10O8S2/c1-10-22-51-44(60)36-18-16-14-12-11-13-15-17-19-37(55-47(63)57-43(49(6,7)8)29-58(69(64)65)24-23-50-31(2)3)46(62)59-28-34(26-41(59)45(61)54-36)67-42-27-39(40-30-68-48(56-40)52-32(4)5)53-38-25-33(66-9)20-21-35(38)42/h10,12,14,20-21,25,27,30-32,34,36-37,41,43,50H,1,11,13,15-19,22-24,26,28-29H2,2-9H3,(H,51,60)(H,52,56)(H,54,61)(H,64,65)(H2,55,57,63)/b14-12-/t34?,36-,37-,41?,43?/m0/s1. The van der Waals surface area contributed by atoms with Crippen molar-refractivity contribution >= 4 is 62.4 Å². The average molecular weight is 995 g/mol. The van der Waals surface area contributed by atoms with Gasteiger partial charge in [0.1, 0.15) is 41.4 Å². The number of allylic oxidation sites excluding steroid dienone is 2. The number of hydrogen-bond acceptors (Lipinski definition) is 12. The summed E-state index contributed by atoms with van der Waals surface area (Å²) in [6.07, 6.45) is 9.24. The van der Waals surface area contributed by atoms with Gasteiger partial charge >= 0.3 is 6.03 Å². The first-order valence-corrected chi connectivity index (χ1v) is 26.0. The van der Waals surface area contributed by atoms with E-state index in [1.54, 1.807) is 13.2 Å². The minimum absolute atomic E-state index is 0.00640. The van der Waals surface area contributed by atoms with Crippen LogP contribution >= 0.6 is 11.3 Å². The number of nitrogens with zero attached hydrogens (tertiary/aromatic N) is 4. The van der Waals surface area contributed by atoms with E-state index in [-0.39, 0.29) is 57.0 Å². The Morgan fingerprint density at radius 1 is 1.06 bits per heavy atom. The number of carbonyl (C=O) groups excluding carboxylic acids is 4. The van der Waals surface area contributed by atoms with Crippen LogP contribution in [0.25, 0.3) is 22.3 Å². The first-order valence-electron chi connectivity index (χ1n) is 24.0. The topological polar surface area (TPSA) is 228 Å². The van der Waals surface area contributed by atoms with Gasteiger partial charge in [0.15, 0.2) is 5.13 Å². The highest BCUT2D eigenvalue weighted by atomic mass is 32.2. The molecule has 1 fully saturated rings. The fourth-order valence-corrected chi connectivity index (χ4v) is 9.55. The number of hydrogen-bond donors (Lipinski definition) is 7. The number of aromatic nitrogens is 2. The highest BCUT2D eigenvalue weighted by Crippen LogP contribution is 2.36. The molecule has 0 saturated carbocycles. The van der Waals surface area contributed by atoms with Crippen molar-refractivity contribution in [3.05, 3.63) is 54.5 Å². The molecule has 0 aliphatic carbocycles. The highest BCUT2D eigenvalue weighted by Gasteiger charge is 2.44. The lowest BCUT2D eigenvalue weighted by Crippen LogP contribution is -2.59. The molecule has 4 heterocycles. The summed E-state index contributed by atoms with van der Waals surface area (Å²) in [4.78, 5) is 68.5. The van der Waals surface area contributed by atoms with Gasteiger partial charge in [0, 0.05) is 73.6 Å². The lowest BCUT2D eigenvalue weighted by Gasteiger charge is -2.35. The van der Waals surface area contributed by atoms with Crippen molar-refractivity contribution in [2.75, 3.05) is 45.2 Å². The molecule has 1 saturated heterocycles. The fourth-order valence-electron chi connectivity index (χ4n) is 8.18. The van der Waals surface area contributed by atoms with Gasteiger partial charge in [-0.1, -0.05) is 65.7 Å². The monoisotopic (exact) mass is 995 g/mol. The molecule has 3 aromatic rings. The van der Waals surface area contributed by atoms with Crippen molar-refractivity contribution in [3.63, 3.8) is 0 Å². The summed E-state index contributed by atoms with van der Waals surface area (Å²) in [5, 5.41) is 21.7. The number of urea groups is 1. The average Bonchev–Trinajstić information content (AvgIpc) is 3.94. The Hall–Kier alpha value is -5.15. The van der Waals surface area contributed by atoms with Crippen molar-refractivity contribution in [1.82, 2.24) is 45.8 Å². The summed E-state index contributed by atoms with van der Waals surface area (Å²) in [5.74, 6) is -0.303. The third kappa shape index (κ3) is 16.5. The van der Waals surface area contributed by atoms with Gasteiger partial charge in [0.25, 0.3) is 0 Å². The largest absolute Gasteiger partial charge is 0.497 e. The summed E-state index contributed by atoms with van der Waals surface area (Å²) in [6, 6.07) is 3.40. The Bertz CT molecular complexity index is 2270. The van der Waals surface area contributed by atoms with E-state index in [9.17, 15) is 23.1 Å². The number of fused-ring (bicyclic) bond motifs is 2. The zero-order chi connectivity index (χ0) is 50.3. The zero-order valence-electron chi connectivity index (χ0n) is 41.5. The number of benzene rings is 1. The summed E-state index contributed by atoms with van der Waals surface area (Å²) >= 11 is -0.847. The van der Waals surface area contributed by atoms with Gasteiger partial charge in [-0.2, -0.15) is 4.31 Å². The van der Waals surface area contributed by atoms with E-state index in [4.69, 9.17) is 19.4 Å². The van der Waals surface area contributed by atoms with E-state index >= 15 is 4.79 Å². The molecule has 4 unspecified atom stereocenters. The molecule has 2 aromatic heterocycles. The molecule has 5 rings (SSSR count). The SMILES string of the molecule is C=CCNC(=O)[C@@H]1CC/C=C\CCCCC[C@H](NC(=O)NC(CN(CCNC(C)C)S(=O)O)C(C)(C)C)C(=O)N2CC(Oc3cc(-c4csc(NC(C)C)n4)nc4cc(OC)ccc34)CC2C(=O)N1. The molecule has 380 valence electrons. The van der Waals surface area contributed by atoms with Crippen LogP contribution in [0, 0.1) is 5.41 Å². The zero-order valence-corrected chi connectivity index (χ0v) is 43.1. The van der Waals surface area contributed by atoms with Crippen molar-refractivity contribution in [3.8, 4) is 22.9 Å². The van der Waals surface area contributed by atoms with Crippen molar-refractivity contribution in [1.29, 1.82) is 0 Å². The molecular weight excluding hydrogens is 921 g/mol. The molecule has 1 aromatic carbocycles. The van der Waals surface area contributed by atoms with Crippen molar-refractivity contribution in [2.24, 2.45) is 5.41 Å². The third-order valence-corrected chi connectivity index (χ3v) is 13.5. The second-order valence-electron chi connectivity index (χ2n) is 19.3. The summed E-state index contributed by atoms with van der Waals surface area (Å²) in [6.45, 7) is 18.5. The van der Waals surface area contributed by atoms with Crippen LogP contribution in [0.2, 0.25) is 0 Å². The molecule has 0 spiro atoms. The molecule has 20 heteroatoms. The number of thiazole rings is 1. The lowest BCUT2D eigenvalue weighted by atomic mass is 9.86. The molecule has 2 aliphatic heterocycles. The fraction of sp³-hybridized carbons (Fsp3) is 0.592. The number of pyridine rings is 1. The predicted molar refractivity (Wildman–Crippen MR) is 273 cm³/mol. The Morgan fingerprint density at radius 3 is 2.52 bits per heavy atom. The Kier molecular flexibility index (Phi) is 20.8. The first kappa shape index (κ1) is 54.8. The van der Waals surface area contributed by atoms with Gasteiger partial charge in [-0.3, -0.25) is 18.9 Å². The molecule has 2 aliphatic rings. The van der Waals surface area contributed by atoms with Gasteiger partial charge in [-0.25, -0.2) is 19.0 Å². The van der Waals surface area contributed by atoms with Crippen LogP contribution in [0.15, 0.2) is 54.5 Å². The predicted octanol–water partition coefficient (Wildman–Crippen LogP) is 6.14. The number of rotatable bonds is 18. The number of amides is 5. The van der Waals surface area contributed by atoms with E-state index in [0.717, 1.165) is 24.4 Å². The molecule has 7 N–H and O–H groups in total. The number of methoxy groups -OCH3 is 1. The van der Waals surface area contributed by atoms with E-state index in [1.807, 2.05) is 84.2 Å². The Balaban J connectivity index is 1.49. The van der Waals surface area contributed by atoms with Gasteiger partial charge in [0.2, 0.25) is 29.0 Å². The number of nitrogens with one attached hydrogen (secondary N) is 6. The highest BCUT2D eigenvalue weighted by molar-refractivity contribution is 7.76. The van der Waals surface area contributed by atoms with Gasteiger partial charge < -0.3 is 46.3 Å². The van der Waals surface area contributed by atoms with Crippen LogP contribution in [-0.2, 0) is 25.7 Å². The number of anilines is 1. The van der Waals surface area contributed by atoms with Crippen LogP contribution in [0.5, 0.6) is 11.5 Å². The van der Waals surface area contributed by atoms with E-state index in [1.165, 1.54) is 20.5 Å². The Labute approximate surface area is 414 Å². The second kappa shape index (κ2) is 26.2. The van der Waals surface area contributed by atoms with E-state index < -0.39 is 64.8 Å². The first-order chi connectivity index (χ1) is 32.9. The minimum Gasteiger partial charge on any atom is -0.497 e. The van der Waals surface area contributed by atoms with E-state index in [2.05, 4.69) is 44.6 Å². The lowest BCUT2D eigenvalue weighted by molar-refractivity contribution is -0.141. The summed E-state index contributed by atoms with van der Waals surface area (Å²) in [7, 11) is 1.58. The van der Waals surface area contributed by atoms with Crippen LogP contribution in [0.4, 0.5) is 9.93 Å². The quantitative estimate of drug-likeness (QED) is 0.0563. The Morgan fingerprint density at radius 2 is 1.83 bits per heavy atom. The van der Waals surface area contributed by atoms with Crippen molar-refractivity contribution in [2.45, 2.75) is 142 Å². The summed E-state index contributed by atoms with van der Waals surface area (Å²) in [5.41, 5.74) is 1.24. The smallest absolute Gasteiger partial charge is 0.315 e. The van der Waals surface area contributed by atoms with Crippen LogP contribution in [0.3, 0.4) is 0 Å². The molecule has 18 nitrogen and oxygen atoms in total.